The number of halogens is 1. The molecule has 1 heterocycles. The van der Waals surface area contributed by atoms with Crippen LogP contribution in [0, 0.1) is 0 Å². The maximum Gasteiger partial charge on any atom is 0.222 e. The largest absolute Gasteiger partial charge is 0.351 e. The van der Waals surface area contributed by atoms with Gasteiger partial charge in [0.25, 0.3) is 0 Å². The number of nitrogens with zero attached hydrogens (tertiary/aromatic N) is 2. The highest BCUT2D eigenvalue weighted by Gasteiger charge is 2.12. The molecule has 0 amide bonds. The van der Waals surface area contributed by atoms with Crippen LogP contribution >= 0.6 is 15.9 Å². The maximum absolute atomic E-state index is 4.23. The predicted molar refractivity (Wildman–Crippen MR) is 64.8 cm³/mol. The first-order valence-corrected chi connectivity index (χ1v) is 6.38. The summed E-state index contributed by atoms with van der Waals surface area (Å²) in [5.74, 6) is 0.755. The smallest absolute Gasteiger partial charge is 0.222 e. The molecule has 1 fully saturated rings. The summed E-state index contributed by atoms with van der Waals surface area (Å²) in [5, 5.41) is 3.40. The fourth-order valence-corrected chi connectivity index (χ4v) is 2.20. The van der Waals surface area contributed by atoms with Crippen LogP contribution in [0.3, 0.4) is 0 Å². The van der Waals surface area contributed by atoms with E-state index in [1.165, 1.54) is 38.5 Å². The quantitative estimate of drug-likeness (QED) is 0.837. The zero-order valence-electron chi connectivity index (χ0n) is 8.75. The van der Waals surface area contributed by atoms with Crippen molar-refractivity contribution in [1.82, 2.24) is 9.97 Å². The van der Waals surface area contributed by atoms with Crippen LogP contribution in [0.4, 0.5) is 5.95 Å². The molecule has 1 N–H and O–H groups in total. The van der Waals surface area contributed by atoms with Crippen molar-refractivity contribution < 1.29 is 0 Å². The van der Waals surface area contributed by atoms with E-state index in [4.69, 9.17) is 0 Å². The Bertz CT molecular complexity index is 291. The molecule has 0 aliphatic heterocycles. The van der Waals surface area contributed by atoms with Gasteiger partial charge in [0.1, 0.15) is 0 Å². The summed E-state index contributed by atoms with van der Waals surface area (Å²) in [4.78, 5) is 8.47. The van der Waals surface area contributed by atoms with Gasteiger partial charge in [-0.05, 0) is 28.8 Å². The van der Waals surface area contributed by atoms with E-state index in [2.05, 4.69) is 31.2 Å². The van der Waals surface area contributed by atoms with Gasteiger partial charge < -0.3 is 5.32 Å². The SMILES string of the molecule is Brc1cnc(NC2CCCCCC2)nc1. The molecule has 1 aliphatic carbocycles. The summed E-state index contributed by atoms with van der Waals surface area (Å²) in [6.07, 6.45) is 11.5. The normalized spacial score (nSPS) is 18.5. The second kappa shape index (κ2) is 5.45. The summed E-state index contributed by atoms with van der Waals surface area (Å²) in [6.45, 7) is 0. The lowest BCUT2D eigenvalue weighted by Gasteiger charge is -2.15. The number of hydrogen-bond acceptors (Lipinski definition) is 3. The molecule has 0 bridgehead atoms. The van der Waals surface area contributed by atoms with E-state index in [9.17, 15) is 0 Å². The number of hydrogen-bond donors (Lipinski definition) is 1. The van der Waals surface area contributed by atoms with Gasteiger partial charge in [-0.3, -0.25) is 0 Å². The molecule has 0 spiro atoms. The van der Waals surface area contributed by atoms with Gasteiger partial charge in [0, 0.05) is 18.4 Å². The Kier molecular flexibility index (Phi) is 3.94. The van der Waals surface area contributed by atoms with Gasteiger partial charge in [0.2, 0.25) is 5.95 Å². The van der Waals surface area contributed by atoms with Crippen molar-refractivity contribution in [3.63, 3.8) is 0 Å². The fourth-order valence-electron chi connectivity index (χ4n) is 1.99. The number of aromatic nitrogens is 2. The highest BCUT2D eigenvalue weighted by atomic mass is 79.9. The lowest BCUT2D eigenvalue weighted by molar-refractivity contribution is 0.614. The molecule has 0 radical (unpaired) electrons. The molecular formula is C11H16BrN3. The molecule has 1 aromatic heterocycles. The molecule has 82 valence electrons. The van der Waals surface area contributed by atoms with Crippen LogP contribution in [0.5, 0.6) is 0 Å². The fraction of sp³-hybridized carbons (Fsp3) is 0.636. The molecule has 0 aromatic carbocycles. The van der Waals surface area contributed by atoms with Crippen LogP contribution in [0.15, 0.2) is 16.9 Å². The molecule has 0 unspecified atom stereocenters. The van der Waals surface area contributed by atoms with Crippen molar-refractivity contribution in [1.29, 1.82) is 0 Å². The van der Waals surface area contributed by atoms with Crippen LogP contribution in [0.2, 0.25) is 0 Å². The van der Waals surface area contributed by atoms with E-state index >= 15 is 0 Å². The van der Waals surface area contributed by atoms with Crippen LogP contribution in [-0.4, -0.2) is 16.0 Å². The third-order valence-corrected chi connectivity index (χ3v) is 3.22. The summed E-state index contributed by atoms with van der Waals surface area (Å²) >= 11 is 3.33. The average Bonchev–Trinajstić information content (AvgIpc) is 2.50. The molecule has 3 nitrogen and oxygen atoms in total. The Balaban J connectivity index is 1.92. The zero-order chi connectivity index (χ0) is 10.5. The third-order valence-electron chi connectivity index (χ3n) is 2.81. The van der Waals surface area contributed by atoms with Gasteiger partial charge in [-0.25, -0.2) is 9.97 Å². The summed E-state index contributed by atoms with van der Waals surface area (Å²) in [6, 6.07) is 0.564. The molecule has 15 heavy (non-hydrogen) atoms. The number of rotatable bonds is 2. The molecule has 0 saturated heterocycles. The lowest BCUT2D eigenvalue weighted by atomic mass is 10.1. The van der Waals surface area contributed by atoms with Crippen molar-refractivity contribution in [2.45, 2.75) is 44.6 Å². The topological polar surface area (TPSA) is 37.8 Å². The Morgan fingerprint density at radius 2 is 1.67 bits per heavy atom. The van der Waals surface area contributed by atoms with E-state index in [1.54, 1.807) is 12.4 Å². The van der Waals surface area contributed by atoms with Gasteiger partial charge in [0.05, 0.1) is 4.47 Å². The van der Waals surface area contributed by atoms with Crippen LogP contribution < -0.4 is 5.32 Å². The van der Waals surface area contributed by atoms with Gasteiger partial charge in [-0.15, -0.1) is 0 Å². The summed E-state index contributed by atoms with van der Waals surface area (Å²) in [7, 11) is 0. The summed E-state index contributed by atoms with van der Waals surface area (Å²) < 4.78 is 0.925. The van der Waals surface area contributed by atoms with E-state index < -0.39 is 0 Å². The minimum atomic E-state index is 0.564. The minimum Gasteiger partial charge on any atom is -0.351 e. The average molecular weight is 270 g/mol. The molecule has 1 aliphatic rings. The van der Waals surface area contributed by atoms with E-state index in [0.29, 0.717) is 6.04 Å². The van der Waals surface area contributed by atoms with Crippen molar-refractivity contribution >= 4 is 21.9 Å². The van der Waals surface area contributed by atoms with Gasteiger partial charge in [-0.2, -0.15) is 0 Å². The van der Waals surface area contributed by atoms with E-state index in [-0.39, 0.29) is 0 Å². The minimum absolute atomic E-state index is 0.564. The van der Waals surface area contributed by atoms with Crippen LogP contribution in [-0.2, 0) is 0 Å². The van der Waals surface area contributed by atoms with Crippen molar-refractivity contribution in [2.75, 3.05) is 5.32 Å². The molecule has 2 rings (SSSR count). The lowest BCUT2D eigenvalue weighted by Crippen LogP contribution is -2.19. The van der Waals surface area contributed by atoms with Gasteiger partial charge >= 0.3 is 0 Å². The zero-order valence-corrected chi connectivity index (χ0v) is 10.3. The first kappa shape index (κ1) is 10.9. The molecule has 1 saturated carbocycles. The Morgan fingerprint density at radius 1 is 1.07 bits per heavy atom. The van der Waals surface area contributed by atoms with Gasteiger partial charge in [0.15, 0.2) is 0 Å². The van der Waals surface area contributed by atoms with E-state index in [0.717, 1.165) is 10.4 Å². The standard InChI is InChI=1S/C11H16BrN3/c12-9-7-13-11(14-8-9)15-10-5-3-1-2-4-6-10/h7-8,10H,1-6H2,(H,13,14,15). The Labute approximate surface area is 98.8 Å². The first-order chi connectivity index (χ1) is 7.34. The molecular weight excluding hydrogens is 254 g/mol. The van der Waals surface area contributed by atoms with Gasteiger partial charge in [-0.1, -0.05) is 25.7 Å². The molecule has 1 aromatic rings. The second-order valence-electron chi connectivity index (χ2n) is 4.06. The summed E-state index contributed by atoms with van der Waals surface area (Å²) in [5.41, 5.74) is 0. The second-order valence-corrected chi connectivity index (χ2v) is 4.97. The Hall–Kier alpha value is -0.640. The van der Waals surface area contributed by atoms with Crippen LogP contribution in [0.1, 0.15) is 38.5 Å². The maximum atomic E-state index is 4.23. The van der Waals surface area contributed by atoms with Crippen molar-refractivity contribution in [2.24, 2.45) is 0 Å². The Morgan fingerprint density at radius 3 is 2.27 bits per heavy atom. The number of anilines is 1. The number of nitrogens with one attached hydrogen (secondary N) is 1. The third kappa shape index (κ3) is 3.45. The van der Waals surface area contributed by atoms with Crippen molar-refractivity contribution in [3.8, 4) is 0 Å². The van der Waals surface area contributed by atoms with Crippen LogP contribution in [0.25, 0.3) is 0 Å². The monoisotopic (exact) mass is 269 g/mol. The first-order valence-electron chi connectivity index (χ1n) is 5.59. The predicted octanol–water partition coefficient (Wildman–Crippen LogP) is 3.37. The highest BCUT2D eigenvalue weighted by molar-refractivity contribution is 9.10. The van der Waals surface area contributed by atoms with Crippen molar-refractivity contribution in [3.05, 3.63) is 16.9 Å². The molecule has 0 atom stereocenters. The highest BCUT2D eigenvalue weighted by Crippen LogP contribution is 2.19. The molecule has 4 heteroatoms. The van der Waals surface area contributed by atoms with E-state index in [1.807, 2.05) is 0 Å².